The summed E-state index contributed by atoms with van der Waals surface area (Å²) in [5, 5.41) is -1.03. The SMILES string of the molecule is O=C(CCl)S[C@@H]1CS(=O)(=O)C[C@H]1Cl. The van der Waals surface area contributed by atoms with E-state index in [1.54, 1.807) is 0 Å². The third-order valence-electron chi connectivity index (χ3n) is 1.63. The van der Waals surface area contributed by atoms with Gasteiger partial charge in [0.05, 0.1) is 22.8 Å². The van der Waals surface area contributed by atoms with Gasteiger partial charge in [-0.25, -0.2) is 8.42 Å². The Labute approximate surface area is 91.1 Å². The van der Waals surface area contributed by atoms with Crippen LogP contribution in [0.5, 0.6) is 0 Å². The van der Waals surface area contributed by atoms with Gasteiger partial charge >= 0.3 is 0 Å². The number of carbonyl (C=O) groups excluding carboxylic acids is 1. The minimum absolute atomic E-state index is 0.0194. The predicted molar refractivity (Wildman–Crippen MR) is 55.4 cm³/mol. The summed E-state index contributed by atoms with van der Waals surface area (Å²) >= 11 is 12.0. The second kappa shape index (κ2) is 4.38. The first-order valence-electron chi connectivity index (χ1n) is 3.54. The van der Waals surface area contributed by atoms with Gasteiger partial charge in [0.2, 0.25) is 5.12 Å². The Morgan fingerprint density at radius 1 is 1.46 bits per heavy atom. The van der Waals surface area contributed by atoms with E-state index in [-0.39, 0.29) is 27.8 Å². The highest BCUT2D eigenvalue weighted by Gasteiger charge is 2.37. The van der Waals surface area contributed by atoms with Crippen LogP contribution in [0.2, 0.25) is 0 Å². The topological polar surface area (TPSA) is 51.2 Å². The molecule has 13 heavy (non-hydrogen) atoms. The Bertz CT molecular complexity index is 301. The molecule has 0 radical (unpaired) electrons. The molecule has 0 amide bonds. The molecule has 1 fully saturated rings. The Morgan fingerprint density at radius 2 is 2.08 bits per heavy atom. The van der Waals surface area contributed by atoms with Crippen LogP contribution in [0.3, 0.4) is 0 Å². The maximum atomic E-state index is 11.1. The number of halogens is 2. The number of hydrogen-bond donors (Lipinski definition) is 0. The maximum Gasteiger partial charge on any atom is 0.204 e. The van der Waals surface area contributed by atoms with E-state index < -0.39 is 15.2 Å². The first-order valence-corrected chi connectivity index (χ1v) is 7.22. The summed E-state index contributed by atoms with van der Waals surface area (Å²) in [5.41, 5.74) is 0. The number of alkyl halides is 2. The molecule has 0 unspecified atom stereocenters. The highest BCUT2D eigenvalue weighted by Crippen LogP contribution is 2.29. The molecule has 1 rings (SSSR count). The second-order valence-electron chi connectivity index (χ2n) is 2.75. The van der Waals surface area contributed by atoms with Gasteiger partial charge in [-0.3, -0.25) is 4.79 Å². The van der Waals surface area contributed by atoms with Crippen molar-refractivity contribution in [2.24, 2.45) is 0 Å². The van der Waals surface area contributed by atoms with Crippen molar-refractivity contribution in [3.05, 3.63) is 0 Å². The monoisotopic (exact) mass is 262 g/mol. The van der Waals surface area contributed by atoms with E-state index >= 15 is 0 Å². The fourth-order valence-electron chi connectivity index (χ4n) is 1.08. The van der Waals surface area contributed by atoms with Crippen molar-refractivity contribution in [1.29, 1.82) is 0 Å². The average molecular weight is 263 g/mol. The first-order chi connectivity index (χ1) is 5.94. The highest BCUT2D eigenvalue weighted by atomic mass is 35.5. The van der Waals surface area contributed by atoms with Crippen LogP contribution in [-0.2, 0) is 14.6 Å². The van der Waals surface area contributed by atoms with Crippen LogP contribution in [0.4, 0.5) is 0 Å². The standard InChI is InChI=1S/C6H8Cl2O3S2/c7-1-6(9)12-5-3-13(10,11)2-4(5)8/h4-5H,1-3H2/t4-,5-/m1/s1. The van der Waals surface area contributed by atoms with E-state index in [1.807, 2.05) is 0 Å². The lowest BCUT2D eigenvalue weighted by Gasteiger charge is -2.07. The van der Waals surface area contributed by atoms with E-state index in [1.165, 1.54) is 0 Å². The molecule has 0 spiro atoms. The van der Waals surface area contributed by atoms with E-state index in [2.05, 4.69) is 0 Å². The lowest BCUT2D eigenvalue weighted by Crippen LogP contribution is -2.17. The average Bonchev–Trinajstić information content (AvgIpc) is 2.24. The van der Waals surface area contributed by atoms with E-state index in [9.17, 15) is 13.2 Å². The normalized spacial score (nSPS) is 31.8. The van der Waals surface area contributed by atoms with Crippen LogP contribution < -0.4 is 0 Å². The van der Waals surface area contributed by atoms with Crippen LogP contribution in [0.25, 0.3) is 0 Å². The largest absolute Gasteiger partial charge is 0.286 e. The van der Waals surface area contributed by atoms with Gasteiger partial charge in [0.1, 0.15) is 0 Å². The van der Waals surface area contributed by atoms with Gasteiger partial charge in [-0.05, 0) is 0 Å². The lowest BCUT2D eigenvalue weighted by atomic mass is 10.4. The summed E-state index contributed by atoms with van der Waals surface area (Å²) in [4.78, 5) is 10.9. The number of rotatable bonds is 2. The molecule has 1 aliphatic heterocycles. The molecule has 0 saturated carbocycles. The Balaban J connectivity index is 2.59. The molecule has 0 aromatic carbocycles. The second-order valence-corrected chi connectivity index (χ2v) is 7.03. The predicted octanol–water partition coefficient (Wildman–Crippen LogP) is 0.889. The van der Waals surface area contributed by atoms with Crippen molar-refractivity contribution >= 4 is 49.9 Å². The minimum Gasteiger partial charge on any atom is -0.286 e. The smallest absolute Gasteiger partial charge is 0.204 e. The Kier molecular flexibility index (Phi) is 3.92. The van der Waals surface area contributed by atoms with Crippen LogP contribution in [-0.4, -0.2) is 41.5 Å². The lowest BCUT2D eigenvalue weighted by molar-refractivity contribution is -0.108. The fourth-order valence-corrected chi connectivity index (χ4v) is 5.44. The van der Waals surface area contributed by atoms with Crippen LogP contribution in [0.15, 0.2) is 0 Å². The van der Waals surface area contributed by atoms with Gasteiger partial charge < -0.3 is 0 Å². The number of sulfone groups is 1. The minimum atomic E-state index is -3.05. The van der Waals surface area contributed by atoms with Gasteiger partial charge in [-0.15, -0.1) is 23.2 Å². The van der Waals surface area contributed by atoms with Crippen molar-refractivity contribution in [1.82, 2.24) is 0 Å². The molecule has 0 aliphatic carbocycles. The maximum absolute atomic E-state index is 11.1. The van der Waals surface area contributed by atoms with Crippen LogP contribution in [0.1, 0.15) is 0 Å². The van der Waals surface area contributed by atoms with Gasteiger partial charge in [0, 0.05) is 5.25 Å². The molecule has 3 nitrogen and oxygen atoms in total. The van der Waals surface area contributed by atoms with Gasteiger partial charge in [-0.2, -0.15) is 0 Å². The van der Waals surface area contributed by atoms with Crippen molar-refractivity contribution in [3.63, 3.8) is 0 Å². The van der Waals surface area contributed by atoms with Crippen LogP contribution >= 0.6 is 35.0 Å². The van der Waals surface area contributed by atoms with Crippen molar-refractivity contribution in [2.45, 2.75) is 10.6 Å². The molecule has 0 aromatic heterocycles. The molecule has 76 valence electrons. The van der Waals surface area contributed by atoms with Crippen molar-refractivity contribution in [3.8, 4) is 0 Å². The Morgan fingerprint density at radius 3 is 2.46 bits per heavy atom. The molecule has 1 heterocycles. The molecule has 0 N–H and O–H groups in total. The fraction of sp³-hybridized carbons (Fsp3) is 0.833. The zero-order valence-corrected chi connectivity index (χ0v) is 9.72. The third-order valence-corrected chi connectivity index (χ3v) is 5.97. The zero-order valence-electron chi connectivity index (χ0n) is 6.57. The first kappa shape index (κ1) is 11.6. The quantitative estimate of drug-likeness (QED) is 0.694. The Hall–Kier alpha value is 0.550. The van der Waals surface area contributed by atoms with E-state index in [0.29, 0.717) is 0 Å². The van der Waals surface area contributed by atoms with Gasteiger partial charge in [-0.1, -0.05) is 11.8 Å². The van der Waals surface area contributed by atoms with E-state index in [4.69, 9.17) is 23.2 Å². The van der Waals surface area contributed by atoms with Crippen LogP contribution in [0, 0.1) is 0 Å². The van der Waals surface area contributed by atoms with Crippen molar-refractivity contribution < 1.29 is 13.2 Å². The summed E-state index contributed by atoms with van der Waals surface area (Å²) < 4.78 is 22.2. The summed E-state index contributed by atoms with van der Waals surface area (Å²) in [7, 11) is -3.05. The summed E-state index contributed by atoms with van der Waals surface area (Å²) in [6.07, 6.45) is 0. The summed E-state index contributed by atoms with van der Waals surface area (Å²) in [5.74, 6) is -0.166. The molecular formula is C6H8Cl2O3S2. The van der Waals surface area contributed by atoms with Gasteiger partial charge in [0.25, 0.3) is 0 Å². The molecular weight excluding hydrogens is 255 g/mol. The number of carbonyl (C=O) groups is 1. The molecule has 2 atom stereocenters. The molecule has 1 saturated heterocycles. The summed E-state index contributed by atoms with van der Waals surface area (Å²) in [6.45, 7) is 0. The number of hydrogen-bond acceptors (Lipinski definition) is 4. The highest BCUT2D eigenvalue weighted by molar-refractivity contribution is 8.15. The number of thioether (sulfide) groups is 1. The molecule has 0 aromatic rings. The molecule has 0 bridgehead atoms. The van der Waals surface area contributed by atoms with Gasteiger partial charge in [0.15, 0.2) is 9.84 Å². The van der Waals surface area contributed by atoms with E-state index in [0.717, 1.165) is 11.8 Å². The molecule has 7 heteroatoms. The molecule has 1 aliphatic rings. The summed E-state index contributed by atoms with van der Waals surface area (Å²) in [6, 6.07) is 0. The van der Waals surface area contributed by atoms with Crippen molar-refractivity contribution in [2.75, 3.05) is 17.4 Å². The zero-order chi connectivity index (χ0) is 10.1. The third kappa shape index (κ3) is 3.31.